The molecule has 1 fully saturated rings. The van der Waals surface area contributed by atoms with E-state index in [0.29, 0.717) is 5.92 Å². The minimum atomic E-state index is 0.473. The summed E-state index contributed by atoms with van der Waals surface area (Å²) in [5.74, 6) is 2.10. The highest BCUT2D eigenvalue weighted by molar-refractivity contribution is 5.37. The molecule has 2 aromatic rings. The van der Waals surface area contributed by atoms with E-state index in [1.54, 1.807) is 12.4 Å². The first-order valence-electron chi connectivity index (χ1n) is 5.64. The van der Waals surface area contributed by atoms with Gasteiger partial charge >= 0.3 is 0 Å². The largest absolute Gasteiger partial charge is 0.339 e. The van der Waals surface area contributed by atoms with Crippen molar-refractivity contribution >= 4 is 5.95 Å². The molecular formula is C12H13N5. The second-order valence-corrected chi connectivity index (χ2v) is 4.18. The lowest BCUT2D eigenvalue weighted by molar-refractivity contribution is 0.501. The standard InChI is InChI=1S/C12H13N5/c1-9-13-6-3-11(16-9)10-7-17(8-10)12-14-4-2-5-15-12/h2-6,10H,7-8H2,1H3. The number of aromatic nitrogens is 4. The Morgan fingerprint density at radius 3 is 2.59 bits per heavy atom. The maximum atomic E-state index is 4.44. The quantitative estimate of drug-likeness (QED) is 0.771. The third-order valence-corrected chi connectivity index (χ3v) is 2.93. The SMILES string of the molecule is Cc1nccc(C2CN(c3ncccn3)C2)n1. The zero-order valence-corrected chi connectivity index (χ0v) is 9.61. The number of rotatable bonds is 2. The molecule has 0 spiro atoms. The summed E-state index contributed by atoms with van der Waals surface area (Å²) in [6, 6.07) is 3.81. The Bertz CT molecular complexity index is 507. The van der Waals surface area contributed by atoms with E-state index in [4.69, 9.17) is 0 Å². The van der Waals surface area contributed by atoms with Crippen molar-refractivity contribution in [2.45, 2.75) is 12.8 Å². The van der Waals surface area contributed by atoms with Gasteiger partial charge in [0, 0.05) is 37.6 Å². The summed E-state index contributed by atoms with van der Waals surface area (Å²) in [6.45, 7) is 3.78. The first kappa shape index (κ1) is 10.1. The number of aryl methyl sites for hydroxylation is 1. The first-order chi connectivity index (χ1) is 8.33. The number of anilines is 1. The van der Waals surface area contributed by atoms with Gasteiger partial charge in [-0.25, -0.2) is 19.9 Å². The predicted octanol–water partition coefficient (Wildman–Crippen LogP) is 1.18. The topological polar surface area (TPSA) is 54.8 Å². The highest BCUT2D eigenvalue weighted by Gasteiger charge is 2.30. The molecule has 86 valence electrons. The second-order valence-electron chi connectivity index (χ2n) is 4.18. The van der Waals surface area contributed by atoms with Crippen LogP contribution in [0.1, 0.15) is 17.4 Å². The van der Waals surface area contributed by atoms with Crippen LogP contribution < -0.4 is 4.90 Å². The van der Waals surface area contributed by atoms with Gasteiger partial charge in [0.15, 0.2) is 0 Å². The summed E-state index contributed by atoms with van der Waals surface area (Å²) in [5.41, 5.74) is 1.12. The Morgan fingerprint density at radius 2 is 1.88 bits per heavy atom. The summed E-state index contributed by atoms with van der Waals surface area (Å²) in [4.78, 5) is 19.2. The van der Waals surface area contributed by atoms with Crippen LogP contribution in [0.2, 0.25) is 0 Å². The minimum absolute atomic E-state index is 0.473. The van der Waals surface area contributed by atoms with Crippen LogP contribution in [0.5, 0.6) is 0 Å². The van der Waals surface area contributed by atoms with Gasteiger partial charge in [0.05, 0.1) is 5.69 Å². The van der Waals surface area contributed by atoms with Crippen molar-refractivity contribution in [1.29, 1.82) is 0 Å². The highest BCUT2D eigenvalue weighted by Crippen LogP contribution is 2.27. The minimum Gasteiger partial charge on any atom is -0.339 e. The lowest BCUT2D eigenvalue weighted by atomic mass is 9.96. The van der Waals surface area contributed by atoms with Crippen LogP contribution in [0.25, 0.3) is 0 Å². The first-order valence-corrected chi connectivity index (χ1v) is 5.64. The molecule has 17 heavy (non-hydrogen) atoms. The van der Waals surface area contributed by atoms with E-state index >= 15 is 0 Å². The summed E-state index contributed by atoms with van der Waals surface area (Å²) in [7, 11) is 0. The van der Waals surface area contributed by atoms with Crippen LogP contribution in [0, 0.1) is 6.92 Å². The highest BCUT2D eigenvalue weighted by atomic mass is 15.3. The van der Waals surface area contributed by atoms with Crippen molar-refractivity contribution in [2.75, 3.05) is 18.0 Å². The Labute approximate surface area is 99.6 Å². The molecule has 0 aliphatic carbocycles. The summed E-state index contributed by atoms with van der Waals surface area (Å²) in [6.07, 6.45) is 5.36. The van der Waals surface area contributed by atoms with Gasteiger partial charge in [-0.2, -0.15) is 0 Å². The van der Waals surface area contributed by atoms with Crippen LogP contribution >= 0.6 is 0 Å². The monoisotopic (exact) mass is 227 g/mol. The molecule has 5 nitrogen and oxygen atoms in total. The number of hydrogen-bond acceptors (Lipinski definition) is 5. The molecule has 0 amide bonds. The molecular weight excluding hydrogens is 214 g/mol. The lowest BCUT2D eigenvalue weighted by Gasteiger charge is -2.38. The molecule has 2 aromatic heterocycles. The Hall–Kier alpha value is -2.04. The molecule has 0 saturated carbocycles. The summed E-state index contributed by atoms with van der Waals surface area (Å²) < 4.78 is 0. The zero-order chi connectivity index (χ0) is 11.7. The van der Waals surface area contributed by atoms with Gasteiger partial charge in [0.2, 0.25) is 5.95 Å². The van der Waals surface area contributed by atoms with Gasteiger partial charge < -0.3 is 4.90 Å². The lowest BCUT2D eigenvalue weighted by Crippen LogP contribution is -2.46. The van der Waals surface area contributed by atoms with E-state index in [2.05, 4.69) is 24.8 Å². The molecule has 0 atom stereocenters. The van der Waals surface area contributed by atoms with E-state index in [9.17, 15) is 0 Å². The van der Waals surface area contributed by atoms with Crippen LogP contribution in [0.15, 0.2) is 30.7 Å². The van der Waals surface area contributed by atoms with E-state index in [1.165, 1.54) is 0 Å². The summed E-state index contributed by atoms with van der Waals surface area (Å²) >= 11 is 0. The van der Waals surface area contributed by atoms with Crippen molar-refractivity contribution in [1.82, 2.24) is 19.9 Å². The van der Waals surface area contributed by atoms with Gasteiger partial charge in [-0.15, -0.1) is 0 Å². The molecule has 0 unspecified atom stereocenters. The zero-order valence-electron chi connectivity index (χ0n) is 9.61. The van der Waals surface area contributed by atoms with E-state index in [0.717, 1.165) is 30.6 Å². The second kappa shape index (κ2) is 4.08. The predicted molar refractivity (Wildman–Crippen MR) is 63.8 cm³/mol. The number of hydrogen-bond donors (Lipinski definition) is 0. The van der Waals surface area contributed by atoms with Crippen molar-refractivity contribution < 1.29 is 0 Å². The third-order valence-electron chi connectivity index (χ3n) is 2.93. The maximum Gasteiger partial charge on any atom is 0.225 e. The smallest absolute Gasteiger partial charge is 0.225 e. The van der Waals surface area contributed by atoms with Crippen molar-refractivity contribution in [2.24, 2.45) is 0 Å². The summed E-state index contributed by atoms with van der Waals surface area (Å²) in [5, 5.41) is 0. The van der Waals surface area contributed by atoms with E-state index in [-0.39, 0.29) is 0 Å². The van der Waals surface area contributed by atoms with Gasteiger partial charge in [-0.3, -0.25) is 0 Å². The average Bonchev–Trinajstić information content (AvgIpc) is 2.28. The molecule has 1 aliphatic rings. The van der Waals surface area contributed by atoms with Crippen LogP contribution in [0.4, 0.5) is 5.95 Å². The molecule has 1 saturated heterocycles. The van der Waals surface area contributed by atoms with Crippen molar-refractivity contribution in [3.63, 3.8) is 0 Å². The molecule has 0 aromatic carbocycles. The third kappa shape index (κ3) is 1.95. The van der Waals surface area contributed by atoms with Gasteiger partial charge in [0.25, 0.3) is 0 Å². The fourth-order valence-corrected chi connectivity index (χ4v) is 1.99. The molecule has 1 aliphatic heterocycles. The molecule has 5 heteroatoms. The van der Waals surface area contributed by atoms with Crippen LogP contribution in [0.3, 0.4) is 0 Å². The molecule has 3 rings (SSSR count). The molecule has 3 heterocycles. The van der Waals surface area contributed by atoms with Gasteiger partial charge in [0.1, 0.15) is 5.82 Å². The van der Waals surface area contributed by atoms with Crippen molar-refractivity contribution in [3.05, 3.63) is 42.2 Å². The Balaban J connectivity index is 1.69. The van der Waals surface area contributed by atoms with Crippen LogP contribution in [-0.4, -0.2) is 33.0 Å². The fourth-order valence-electron chi connectivity index (χ4n) is 1.99. The van der Waals surface area contributed by atoms with E-state index in [1.807, 2.05) is 25.3 Å². The number of nitrogens with zero attached hydrogens (tertiary/aromatic N) is 5. The van der Waals surface area contributed by atoms with Crippen LogP contribution in [-0.2, 0) is 0 Å². The Morgan fingerprint density at radius 1 is 1.12 bits per heavy atom. The van der Waals surface area contributed by atoms with Gasteiger partial charge in [-0.05, 0) is 19.1 Å². The molecule has 0 bridgehead atoms. The molecule has 0 radical (unpaired) electrons. The fraction of sp³-hybridized carbons (Fsp3) is 0.333. The average molecular weight is 227 g/mol. The van der Waals surface area contributed by atoms with Gasteiger partial charge in [-0.1, -0.05) is 0 Å². The Kier molecular flexibility index (Phi) is 2.44. The normalized spacial score (nSPS) is 15.7. The van der Waals surface area contributed by atoms with E-state index < -0.39 is 0 Å². The molecule has 0 N–H and O–H groups in total. The maximum absolute atomic E-state index is 4.44. The van der Waals surface area contributed by atoms with Crippen molar-refractivity contribution in [3.8, 4) is 0 Å².